The Morgan fingerprint density at radius 1 is 1.45 bits per heavy atom. The molecule has 1 heterocycles. The molecule has 1 fully saturated rings. The van der Waals surface area contributed by atoms with Crippen LogP contribution in [0.15, 0.2) is 24.3 Å². The van der Waals surface area contributed by atoms with E-state index < -0.39 is 12.5 Å². The summed E-state index contributed by atoms with van der Waals surface area (Å²) in [6, 6.07) is 5.66. The number of benzene rings is 1. The van der Waals surface area contributed by atoms with Gasteiger partial charge >= 0.3 is 6.61 Å². The first kappa shape index (κ1) is 14.2. The Kier molecular flexibility index (Phi) is 4.49. The molecular weight excluding hydrogens is 270 g/mol. The Hall–Kier alpha value is -2.18. The van der Waals surface area contributed by atoms with E-state index in [4.69, 9.17) is 0 Å². The molecule has 2 rings (SSSR count). The first-order valence-electron chi connectivity index (χ1n) is 6.17. The van der Waals surface area contributed by atoms with E-state index in [1.54, 1.807) is 6.07 Å². The standard InChI is InChI=1S/C13H14F2N2O3/c14-13(15)20-10-4-2-1-3-9(10)12(19)16-7-8-5-6-11(18)17-8/h1-4,8,13H,5-7H2,(H,16,19)(H,17,18)/t8-/m1/s1. The molecule has 1 saturated heterocycles. The minimum absolute atomic E-state index is 0.0390. The normalized spacial score (nSPS) is 17.9. The summed E-state index contributed by atoms with van der Waals surface area (Å²) in [5.74, 6) is -0.733. The fourth-order valence-corrected chi connectivity index (χ4v) is 1.99. The monoisotopic (exact) mass is 284 g/mol. The van der Waals surface area contributed by atoms with E-state index in [0.717, 1.165) is 0 Å². The number of alkyl halides is 2. The molecule has 1 aliphatic rings. The molecule has 0 aliphatic carbocycles. The van der Waals surface area contributed by atoms with Gasteiger partial charge in [-0.3, -0.25) is 9.59 Å². The SMILES string of the molecule is O=C1CC[C@H](CNC(=O)c2ccccc2OC(F)F)N1. The topological polar surface area (TPSA) is 67.4 Å². The summed E-state index contributed by atoms with van der Waals surface area (Å²) in [7, 11) is 0. The van der Waals surface area contributed by atoms with Crippen LogP contribution in [0.2, 0.25) is 0 Å². The number of rotatable bonds is 5. The van der Waals surface area contributed by atoms with Gasteiger partial charge in [0.2, 0.25) is 5.91 Å². The van der Waals surface area contributed by atoms with Crippen LogP contribution in [0.4, 0.5) is 8.78 Å². The highest BCUT2D eigenvalue weighted by atomic mass is 19.3. The lowest BCUT2D eigenvalue weighted by Crippen LogP contribution is -2.38. The number of carbonyl (C=O) groups is 2. The molecule has 0 radical (unpaired) electrons. The second-order valence-corrected chi connectivity index (χ2v) is 4.39. The molecule has 5 nitrogen and oxygen atoms in total. The third-order valence-electron chi connectivity index (χ3n) is 2.94. The van der Waals surface area contributed by atoms with E-state index in [9.17, 15) is 18.4 Å². The van der Waals surface area contributed by atoms with Crippen LogP contribution in [-0.2, 0) is 4.79 Å². The summed E-state index contributed by atoms with van der Waals surface area (Å²) in [6.45, 7) is -2.73. The van der Waals surface area contributed by atoms with Gasteiger partial charge < -0.3 is 15.4 Å². The van der Waals surface area contributed by atoms with Gasteiger partial charge in [-0.1, -0.05) is 12.1 Å². The van der Waals surface area contributed by atoms with Crippen molar-refractivity contribution in [2.24, 2.45) is 0 Å². The zero-order valence-electron chi connectivity index (χ0n) is 10.6. The maximum absolute atomic E-state index is 12.2. The van der Waals surface area contributed by atoms with Crippen molar-refractivity contribution in [3.8, 4) is 5.75 Å². The molecule has 7 heteroatoms. The molecule has 1 aromatic rings. The van der Waals surface area contributed by atoms with Gasteiger partial charge in [-0.05, 0) is 18.6 Å². The third-order valence-corrected chi connectivity index (χ3v) is 2.94. The van der Waals surface area contributed by atoms with Gasteiger partial charge in [0.25, 0.3) is 5.91 Å². The fourth-order valence-electron chi connectivity index (χ4n) is 1.99. The van der Waals surface area contributed by atoms with Gasteiger partial charge in [0, 0.05) is 19.0 Å². The maximum Gasteiger partial charge on any atom is 0.387 e. The number of nitrogens with one attached hydrogen (secondary N) is 2. The van der Waals surface area contributed by atoms with Gasteiger partial charge in [0.15, 0.2) is 0 Å². The number of hydrogen-bond acceptors (Lipinski definition) is 3. The summed E-state index contributed by atoms with van der Waals surface area (Å²) >= 11 is 0. The lowest BCUT2D eigenvalue weighted by molar-refractivity contribution is -0.119. The molecule has 1 aromatic carbocycles. The van der Waals surface area contributed by atoms with Crippen molar-refractivity contribution < 1.29 is 23.1 Å². The number of hydrogen-bond donors (Lipinski definition) is 2. The van der Waals surface area contributed by atoms with Crippen LogP contribution in [0.3, 0.4) is 0 Å². The molecule has 0 unspecified atom stereocenters. The van der Waals surface area contributed by atoms with Crippen LogP contribution in [0.25, 0.3) is 0 Å². The average Bonchev–Trinajstić information content (AvgIpc) is 2.82. The van der Waals surface area contributed by atoms with Crippen LogP contribution < -0.4 is 15.4 Å². The molecule has 1 aliphatic heterocycles. The van der Waals surface area contributed by atoms with Crippen LogP contribution >= 0.6 is 0 Å². The van der Waals surface area contributed by atoms with Gasteiger partial charge in [0.05, 0.1) is 5.56 Å². The minimum Gasteiger partial charge on any atom is -0.434 e. The van der Waals surface area contributed by atoms with E-state index in [0.29, 0.717) is 12.8 Å². The van der Waals surface area contributed by atoms with Crippen molar-refractivity contribution in [3.05, 3.63) is 29.8 Å². The van der Waals surface area contributed by atoms with Gasteiger partial charge in [-0.2, -0.15) is 8.78 Å². The molecule has 0 bridgehead atoms. The summed E-state index contributed by atoms with van der Waals surface area (Å²) in [5, 5.41) is 5.30. The zero-order valence-corrected chi connectivity index (χ0v) is 10.6. The van der Waals surface area contributed by atoms with Crippen molar-refractivity contribution in [2.45, 2.75) is 25.5 Å². The quantitative estimate of drug-likeness (QED) is 0.856. The van der Waals surface area contributed by atoms with E-state index in [1.807, 2.05) is 0 Å². The van der Waals surface area contributed by atoms with E-state index >= 15 is 0 Å². The van der Waals surface area contributed by atoms with Gasteiger partial charge in [-0.25, -0.2) is 0 Å². The van der Waals surface area contributed by atoms with Crippen molar-refractivity contribution in [2.75, 3.05) is 6.54 Å². The molecule has 108 valence electrons. The zero-order chi connectivity index (χ0) is 14.5. The first-order chi connectivity index (χ1) is 9.56. The second-order valence-electron chi connectivity index (χ2n) is 4.39. The average molecular weight is 284 g/mol. The molecule has 0 saturated carbocycles. The Morgan fingerprint density at radius 2 is 2.20 bits per heavy atom. The molecule has 20 heavy (non-hydrogen) atoms. The van der Waals surface area contributed by atoms with Crippen molar-refractivity contribution in [1.29, 1.82) is 0 Å². The van der Waals surface area contributed by atoms with Gasteiger partial charge in [0.1, 0.15) is 5.75 Å². The van der Waals surface area contributed by atoms with Crippen LogP contribution in [0.1, 0.15) is 23.2 Å². The van der Waals surface area contributed by atoms with Crippen molar-refractivity contribution >= 4 is 11.8 Å². The van der Waals surface area contributed by atoms with Crippen LogP contribution in [0.5, 0.6) is 5.75 Å². The number of carbonyl (C=O) groups excluding carboxylic acids is 2. The molecule has 1 atom stereocenters. The summed E-state index contributed by atoms with van der Waals surface area (Å²) in [4.78, 5) is 23.0. The Balaban J connectivity index is 1.96. The van der Waals surface area contributed by atoms with Crippen LogP contribution in [-0.4, -0.2) is 31.0 Å². The van der Waals surface area contributed by atoms with Gasteiger partial charge in [-0.15, -0.1) is 0 Å². The summed E-state index contributed by atoms with van der Waals surface area (Å²) in [5.41, 5.74) is 0.0390. The summed E-state index contributed by atoms with van der Waals surface area (Å²) < 4.78 is 28.8. The smallest absolute Gasteiger partial charge is 0.387 e. The third kappa shape index (κ3) is 3.66. The van der Waals surface area contributed by atoms with Crippen molar-refractivity contribution in [1.82, 2.24) is 10.6 Å². The number of para-hydroxylation sites is 1. The molecule has 0 spiro atoms. The lowest BCUT2D eigenvalue weighted by atomic mass is 10.1. The highest BCUT2D eigenvalue weighted by molar-refractivity contribution is 5.97. The van der Waals surface area contributed by atoms with E-state index in [2.05, 4.69) is 15.4 Å². The largest absolute Gasteiger partial charge is 0.434 e. The molecular formula is C13H14F2N2O3. The molecule has 0 aromatic heterocycles. The van der Waals surface area contributed by atoms with Crippen LogP contribution in [0, 0.1) is 0 Å². The van der Waals surface area contributed by atoms with Crippen molar-refractivity contribution in [3.63, 3.8) is 0 Å². The Morgan fingerprint density at radius 3 is 2.85 bits per heavy atom. The van der Waals surface area contributed by atoms with E-state index in [-0.39, 0.29) is 29.8 Å². The fraction of sp³-hybridized carbons (Fsp3) is 0.385. The maximum atomic E-state index is 12.2. The lowest BCUT2D eigenvalue weighted by Gasteiger charge is -2.13. The highest BCUT2D eigenvalue weighted by Gasteiger charge is 2.22. The Labute approximate surface area is 114 Å². The van der Waals surface area contributed by atoms with E-state index in [1.165, 1.54) is 18.2 Å². The minimum atomic E-state index is -2.99. The first-order valence-corrected chi connectivity index (χ1v) is 6.17. The number of halogens is 2. The highest BCUT2D eigenvalue weighted by Crippen LogP contribution is 2.20. The molecule has 2 amide bonds. The Bertz CT molecular complexity index is 508. The summed E-state index contributed by atoms with van der Waals surface area (Å²) in [6.07, 6.45) is 1.08. The number of amides is 2. The predicted molar refractivity (Wildman–Crippen MR) is 66.6 cm³/mol. The second kappa shape index (κ2) is 6.31. The number of ether oxygens (including phenoxy) is 1. The predicted octanol–water partition coefficient (Wildman–Crippen LogP) is 1.30. The molecule has 2 N–H and O–H groups in total.